The lowest BCUT2D eigenvalue weighted by atomic mass is 10.0. The molecular formula is C9H12BrFN2O3. The molecular weight excluding hydrogens is 283 g/mol. The molecule has 90 valence electrons. The summed E-state index contributed by atoms with van der Waals surface area (Å²) in [5.74, 6) is -0.783. The van der Waals surface area contributed by atoms with E-state index in [1.165, 1.54) is 12.3 Å². The van der Waals surface area contributed by atoms with Gasteiger partial charge >= 0.3 is 0 Å². The van der Waals surface area contributed by atoms with Gasteiger partial charge in [0.15, 0.2) is 11.6 Å². The summed E-state index contributed by atoms with van der Waals surface area (Å²) in [6, 6.07) is 1.19. The summed E-state index contributed by atoms with van der Waals surface area (Å²) >= 11 is 3.05. The zero-order valence-electron chi connectivity index (χ0n) is 8.32. The zero-order valence-corrected chi connectivity index (χ0v) is 9.91. The van der Waals surface area contributed by atoms with Gasteiger partial charge in [-0.25, -0.2) is 9.37 Å². The fourth-order valence-electron chi connectivity index (χ4n) is 1.03. The Kier molecular flexibility index (Phi) is 4.60. The number of nitrogens with one attached hydrogen (secondary N) is 1. The van der Waals surface area contributed by atoms with Crippen LogP contribution in [0.3, 0.4) is 0 Å². The minimum atomic E-state index is -1.39. The molecule has 0 aliphatic carbocycles. The van der Waals surface area contributed by atoms with Gasteiger partial charge in [-0.05, 0) is 22.0 Å². The number of nitrogens with zero attached hydrogens (tertiary/aromatic N) is 1. The second kappa shape index (κ2) is 5.53. The highest BCUT2D eigenvalue weighted by Gasteiger charge is 2.29. The van der Waals surface area contributed by atoms with Gasteiger partial charge in [0.1, 0.15) is 5.54 Å². The van der Waals surface area contributed by atoms with E-state index in [2.05, 4.69) is 26.2 Å². The van der Waals surface area contributed by atoms with Gasteiger partial charge in [0.05, 0.1) is 19.8 Å². The number of rotatable bonds is 5. The molecule has 0 unspecified atom stereocenters. The number of pyridine rings is 1. The van der Waals surface area contributed by atoms with Crippen LogP contribution in [0, 0.1) is 5.82 Å². The van der Waals surface area contributed by atoms with E-state index >= 15 is 0 Å². The standard InChI is InChI=1S/C9H12BrFN2O3/c10-6-1-7(11)8(12-2-6)13-9(3-14,4-15)5-16/h1-2,14-16H,3-5H2,(H,12,13). The topological polar surface area (TPSA) is 85.6 Å². The second-order valence-corrected chi connectivity index (χ2v) is 4.28. The summed E-state index contributed by atoms with van der Waals surface area (Å²) in [4.78, 5) is 3.74. The van der Waals surface area contributed by atoms with E-state index in [0.29, 0.717) is 4.47 Å². The van der Waals surface area contributed by atoms with Crippen LogP contribution in [0.1, 0.15) is 0 Å². The summed E-state index contributed by atoms with van der Waals surface area (Å²) in [5, 5.41) is 29.6. The van der Waals surface area contributed by atoms with Crippen LogP contribution >= 0.6 is 15.9 Å². The van der Waals surface area contributed by atoms with Crippen molar-refractivity contribution in [2.75, 3.05) is 25.1 Å². The van der Waals surface area contributed by atoms with Crippen LogP contribution in [-0.4, -0.2) is 45.7 Å². The lowest BCUT2D eigenvalue weighted by Gasteiger charge is -2.29. The molecule has 7 heteroatoms. The predicted octanol–water partition coefficient (Wildman–Crippen LogP) is 0.111. The maximum Gasteiger partial charge on any atom is 0.166 e. The normalized spacial score (nSPS) is 11.6. The van der Waals surface area contributed by atoms with Gasteiger partial charge in [0.25, 0.3) is 0 Å². The van der Waals surface area contributed by atoms with E-state index in [1.807, 2.05) is 0 Å². The van der Waals surface area contributed by atoms with Gasteiger partial charge in [-0.1, -0.05) is 0 Å². The monoisotopic (exact) mass is 294 g/mol. The molecule has 0 spiro atoms. The molecule has 1 heterocycles. The minimum Gasteiger partial charge on any atom is -0.394 e. The third-order valence-corrected chi connectivity index (χ3v) is 2.53. The summed E-state index contributed by atoms with van der Waals surface area (Å²) < 4.78 is 13.9. The van der Waals surface area contributed by atoms with Crippen molar-refractivity contribution in [2.45, 2.75) is 5.54 Å². The first kappa shape index (κ1) is 13.3. The Balaban J connectivity index is 2.93. The minimum absolute atomic E-state index is 0.139. The Morgan fingerprint density at radius 2 is 1.88 bits per heavy atom. The van der Waals surface area contributed by atoms with Gasteiger partial charge in [-0.2, -0.15) is 0 Å². The number of hydrogen-bond acceptors (Lipinski definition) is 5. The summed E-state index contributed by atoms with van der Waals surface area (Å²) in [6.45, 7) is -1.63. The lowest BCUT2D eigenvalue weighted by Crippen LogP contribution is -2.49. The van der Waals surface area contributed by atoms with Gasteiger partial charge in [-0.3, -0.25) is 0 Å². The summed E-state index contributed by atoms with van der Waals surface area (Å²) in [5.41, 5.74) is -1.39. The largest absolute Gasteiger partial charge is 0.394 e. The molecule has 5 nitrogen and oxygen atoms in total. The van der Waals surface area contributed by atoms with Crippen molar-refractivity contribution in [1.29, 1.82) is 0 Å². The van der Waals surface area contributed by atoms with Crippen LogP contribution in [0.25, 0.3) is 0 Å². The Morgan fingerprint density at radius 3 is 2.31 bits per heavy atom. The molecule has 0 aliphatic heterocycles. The van der Waals surface area contributed by atoms with Crippen LogP contribution in [0.15, 0.2) is 16.7 Å². The molecule has 0 bridgehead atoms. The maximum atomic E-state index is 13.4. The van der Waals surface area contributed by atoms with Crippen molar-refractivity contribution in [3.8, 4) is 0 Å². The number of aromatic nitrogens is 1. The van der Waals surface area contributed by atoms with E-state index in [1.54, 1.807) is 0 Å². The van der Waals surface area contributed by atoms with Gasteiger partial charge in [-0.15, -0.1) is 0 Å². The van der Waals surface area contributed by atoms with E-state index in [0.717, 1.165) is 0 Å². The quantitative estimate of drug-likeness (QED) is 0.619. The number of aliphatic hydroxyl groups excluding tert-OH is 3. The van der Waals surface area contributed by atoms with Crippen molar-refractivity contribution in [3.05, 3.63) is 22.6 Å². The molecule has 0 amide bonds. The molecule has 0 aromatic carbocycles. The van der Waals surface area contributed by atoms with Crippen LogP contribution < -0.4 is 5.32 Å². The first-order chi connectivity index (χ1) is 7.56. The molecule has 16 heavy (non-hydrogen) atoms. The van der Waals surface area contributed by atoms with Gasteiger partial charge < -0.3 is 20.6 Å². The van der Waals surface area contributed by atoms with E-state index in [-0.39, 0.29) is 5.82 Å². The van der Waals surface area contributed by atoms with E-state index < -0.39 is 31.2 Å². The summed E-state index contributed by atoms with van der Waals surface area (Å²) in [6.07, 6.45) is 1.36. The molecule has 0 fully saturated rings. The Hall–Kier alpha value is -0.760. The maximum absolute atomic E-state index is 13.4. The highest BCUT2D eigenvalue weighted by atomic mass is 79.9. The van der Waals surface area contributed by atoms with Crippen molar-refractivity contribution < 1.29 is 19.7 Å². The van der Waals surface area contributed by atoms with Crippen LogP contribution in [0.4, 0.5) is 10.2 Å². The predicted molar refractivity (Wildman–Crippen MR) is 59.5 cm³/mol. The third kappa shape index (κ3) is 2.88. The number of anilines is 1. The fourth-order valence-corrected chi connectivity index (χ4v) is 1.33. The average molecular weight is 295 g/mol. The molecule has 1 rings (SSSR count). The first-order valence-electron chi connectivity index (χ1n) is 4.49. The fraction of sp³-hybridized carbons (Fsp3) is 0.444. The van der Waals surface area contributed by atoms with Gasteiger partial charge in [0.2, 0.25) is 0 Å². The van der Waals surface area contributed by atoms with E-state index in [9.17, 15) is 4.39 Å². The van der Waals surface area contributed by atoms with Crippen molar-refractivity contribution in [3.63, 3.8) is 0 Å². The molecule has 1 aromatic rings. The van der Waals surface area contributed by atoms with Gasteiger partial charge in [0, 0.05) is 10.7 Å². The van der Waals surface area contributed by atoms with Crippen LogP contribution in [0.5, 0.6) is 0 Å². The van der Waals surface area contributed by atoms with Crippen molar-refractivity contribution >= 4 is 21.7 Å². The molecule has 0 aliphatic rings. The molecule has 0 saturated carbocycles. The summed E-state index contributed by atoms with van der Waals surface area (Å²) in [7, 11) is 0. The first-order valence-corrected chi connectivity index (χ1v) is 5.28. The highest BCUT2D eigenvalue weighted by molar-refractivity contribution is 9.10. The van der Waals surface area contributed by atoms with Crippen LogP contribution in [0.2, 0.25) is 0 Å². The Bertz CT molecular complexity index is 352. The van der Waals surface area contributed by atoms with Crippen molar-refractivity contribution in [1.82, 2.24) is 4.98 Å². The number of aliphatic hydroxyl groups is 3. The second-order valence-electron chi connectivity index (χ2n) is 3.36. The molecule has 0 saturated heterocycles. The molecule has 0 radical (unpaired) electrons. The number of hydrogen-bond donors (Lipinski definition) is 4. The molecule has 4 N–H and O–H groups in total. The molecule has 0 atom stereocenters. The Labute approximate surface area is 100 Å². The molecule has 1 aromatic heterocycles. The van der Waals surface area contributed by atoms with Crippen LogP contribution in [-0.2, 0) is 0 Å². The lowest BCUT2D eigenvalue weighted by molar-refractivity contribution is 0.0828. The Morgan fingerprint density at radius 1 is 1.31 bits per heavy atom. The highest BCUT2D eigenvalue weighted by Crippen LogP contribution is 2.19. The zero-order chi connectivity index (χ0) is 12.2. The van der Waals surface area contributed by atoms with E-state index in [4.69, 9.17) is 15.3 Å². The smallest absolute Gasteiger partial charge is 0.166 e. The SMILES string of the molecule is OCC(CO)(CO)Nc1ncc(Br)cc1F. The van der Waals surface area contributed by atoms with Crippen molar-refractivity contribution in [2.24, 2.45) is 0 Å². The number of halogens is 2. The average Bonchev–Trinajstić information content (AvgIpc) is 2.29. The third-order valence-electron chi connectivity index (χ3n) is 2.10.